The van der Waals surface area contributed by atoms with E-state index < -0.39 is 5.97 Å². The van der Waals surface area contributed by atoms with Gasteiger partial charge in [-0.15, -0.1) is 0 Å². The summed E-state index contributed by atoms with van der Waals surface area (Å²) in [5, 5.41) is 12.1. The molecule has 0 fully saturated rings. The van der Waals surface area contributed by atoms with Crippen LogP contribution in [0.2, 0.25) is 0 Å². The first-order valence-corrected chi connectivity index (χ1v) is 8.12. The fourth-order valence-corrected chi connectivity index (χ4v) is 3.00. The second-order valence-electron chi connectivity index (χ2n) is 6.99. The van der Waals surface area contributed by atoms with Crippen LogP contribution < -0.4 is 5.32 Å². The third-order valence-corrected chi connectivity index (χ3v) is 4.09. The summed E-state index contributed by atoms with van der Waals surface area (Å²) in [7, 11) is 0. The molecule has 0 saturated heterocycles. The van der Waals surface area contributed by atoms with Crippen molar-refractivity contribution in [3.05, 3.63) is 42.0 Å². The highest BCUT2D eigenvalue weighted by Gasteiger charge is 2.28. The lowest BCUT2D eigenvalue weighted by Crippen LogP contribution is -2.33. The van der Waals surface area contributed by atoms with E-state index in [0.29, 0.717) is 6.54 Å². The molecule has 4 heteroatoms. The molecule has 0 spiro atoms. The largest absolute Gasteiger partial charge is 0.481 e. The molecule has 0 bridgehead atoms. The zero-order chi connectivity index (χ0) is 16.9. The van der Waals surface area contributed by atoms with Gasteiger partial charge in [-0.25, -0.2) is 0 Å². The quantitative estimate of drug-likeness (QED) is 0.865. The van der Waals surface area contributed by atoms with Crippen molar-refractivity contribution >= 4 is 17.4 Å². The van der Waals surface area contributed by atoms with Crippen LogP contribution in [0.4, 0.5) is 5.69 Å². The van der Waals surface area contributed by atoms with Crippen LogP contribution >= 0.6 is 0 Å². The highest BCUT2D eigenvalue weighted by atomic mass is 16.4. The predicted molar refractivity (Wildman–Crippen MR) is 94.4 cm³/mol. The van der Waals surface area contributed by atoms with Crippen LogP contribution in [0.15, 0.2) is 47.0 Å². The molecule has 1 atom stereocenters. The Morgan fingerprint density at radius 2 is 2.04 bits per heavy atom. The fraction of sp³-hybridized carbons (Fsp3) is 0.474. The van der Waals surface area contributed by atoms with Crippen molar-refractivity contribution in [1.82, 2.24) is 5.32 Å². The fourth-order valence-electron chi connectivity index (χ4n) is 3.00. The molecule has 23 heavy (non-hydrogen) atoms. The highest BCUT2D eigenvalue weighted by molar-refractivity contribution is 6.01. The van der Waals surface area contributed by atoms with E-state index in [-0.39, 0.29) is 17.9 Å². The summed E-state index contributed by atoms with van der Waals surface area (Å²) < 4.78 is 0. The maximum absolute atomic E-state index is 10.7. The Kier molecular flexibility index (Phi) is 5.72. The van der Waals surface area contributed by atoms with Crippen molar-refractivity contribution < 1.29 is 9.90 Å². The summed E-state index contributed by atoms with van der Waals surface area (Å²) in [5.74, 6) is -0.766. The van der Waals surface area contributed by atoms with Gasteiger partial charge in [-0.2, -0.15) is 0 Å². The number of hydrogen-bond donors (Lipinski definition) is 2. The van der Waals surface area contributed by atoms with Crippen molar-refractivity contribution in [3.63, 3.8) is 0 Å². The lowest BCUT2D eigenvalue weighted by molar-refractivity contribution is -0.136. The monoisotopic (exact) mass is 314 g/mol. The zero-order valence-corrected chi connectivity index (χ0v) is 14.2. The minimum atomic E-state index is -0.766. The zero-order valence-electron chi connectivity index (χ0n) is 14.2. The highest BCUT2D eigenvalue weighted by Crippen LogP contribution is 2.33. The van der Waals surface area contributed by atoms with Crippen molar-refractivity contribution in [2.45, 2.75) is 46.1 Å². The Balaban J connectivity index is 2.18. The lowest BCUT2D eigenvalue weighted by Gasteiger charge is -2.26. The van der Waals surface area contributed by atoms with Gasteiger partial charge in [0.15, 0.2) is 0 Å². The molecule has 1 aliphatic rings. The first-order chi connectivity index (χ1) is 10.9. The maximum Gasteiger partial charge on any atom is 0.304 e. The SMILES string of the molecule is CC1=CC(NCCC(=O)O)CC(C)(C)CC1=Nc1ccccc1. The molecular weight excluding hydrogens is 288 g/mol. The van der Waals surface area contributed by atoms with Gasteiger partial charge in [-0.05, 0) is 42.9 Å². The number of carbonyl (C=O) groups is 1. The Bertz CT molecular complexity index is 603. The van der Waals surface area contributed by atoms with E-state index in [9.17, 15) is 4.79 Å². The van der Waals surface area contributed by atoms with Gasteiger partial charge in [0.2, 0.25) is 0 Å². The van der Waals surface area contributed by atoms with E-state index >= 15 is 0 Å². The van der Waals surface area contributed by atoms with Gasteiger partial charge in [0.25, 0.3) is 0 Å². The average molecular weight is 314 g/mol. The molecular formula is C19H26N2O2. The van der Waals surface area contributed by atoms with Crippen LogP contribution in [0.25, 0.3) is 0 Å². The number of para-hydroxylation sites is 1. The number of allylic oxidation sites excluding steroid dienone is 1. The van der Waals surface area contributed by atoms with Gasteiger partial charge in [-0.1, -0.05) is 38.1 Å². The Morgan fingerprint density at radius 3 is 2.70 bits per heavy atom. The number of nitrogens with zero attached hydrogens (tertiary/aromatic N) is 1. The van der Waals surface area contributed by atoms with Crippen LogP contribution in [0.3, 0.4) is 0 Å². The summed E-state index contributed by atoms with van der Waals surface area (Å²) in [6.07, 6.45) is 4.23. The molecule has 0 aliphatic heterocycles. The second-order valence-corrected chi connectivity index (χ2v) is 6.99. The molecule has 2 N–H and O–H groups in total. The Labute approximate surface area is 138 Å². The van der Waals surface area contributed by atoms with Crippen LogP contribution in [-0.2, 0) is 4.79 Å². The number of carboxylic acid groups (broad SMARTS) is 1. The number of nitrogens with one attached hydrogen (secondary N) is 1. The van der Waals surface area contributed by atoms with Gasteiger partial charge < -0.3 is 10.4 Å². The van der Waals surface area contributed by atoms with Crippen molar-refractivity contribution in [2.24, 2.45) is 10.4 Å². The molecule has 4 nitrogen and oxygen atoms in total. The van der Waals surface area contributed by atoms with E-state index in [2.05, 4.69) is 32.2 Å². The molecule has 0 amide bonds. The number of benzene rings is 1. The van der Waals surface area contributed by atoms with Crippen LogP contribution in [0.5, 0.6) is 0 Å². The van der Waals surface area contributed by atoms with Crippen molar-refractivity contribution in [2.75, 3.05) is 6.54 Å². The van der Waals surface area contributed by atoms with E-state index in [4.69, 9.17) is 10.1 Å². The smallest absolute Gasteiger partial charge is 0.304 e. The molecule has 1 aromatic rings. The number of carboxylic acids is 1. The third-order valence-electron chi connectivity index (χ3n) is 4.09. The predicted octanol–water partition coefficient (Wildman–Crippen LogP) is 3.96. The summed E-state index contributed by atoms with van der Waals surface area (Å²) in [4.78, 5) is 15.5. The summed E-state index contributed by atoms with van der Waals surface area (Å²) >= 11 is 0. The summed E-state index contributed by atoms with van der Waals surface area (Å²) in [5.41, 5.74) is 3.38. The molecule has 0 aromatic heterocycles. The first kappa shape index (κ1) is 17.4. The number of aliphatic carboxylic acids is 1. The van der Waals surface area contributed by atoms with Gasteiger partial charge >= 0.3 is 5.97 Å². The molecule has 1 unspecified atom stereocenters. The Hall–Kier alpha value is -1.94. The molecule has 0 saturated carbocycles. The number of hydrogen-bond acceptors (Lipinski definition) is 3. The first-order valence-electron chi connectivity index (χ1n) is 8.12. The van der Waals surface area contributed by atoms with Crippen molar-refractivity contribution in [1.29, 1.82) is 0 Å². The normalized spacial score (nSPS) is 22.5. The average Bonchev–Trinajstić information content (AvgIpc) is 2.56. The standard InChI is InChI=1S/C19H26N2O2/c1-14-11-16(20-10-9-18(22)23)12-19(2,3)13-17(14)21-15-7-5-4-6-8-15/h4-8,11,16,20H,9-10,12-13H2,1-3H3,(H,22,23). The van der Waals surface area contributed by atoms with Crippen LogP contribution in [0.1, 0.15) is 40.0 Å². The molecule has 0 radical (unpaired) electrons. The third kappa shape index (κ3) is 5.64. The van der Waals surface area contributed by atoms with E-state index in [1.807, 2.05) is 30.3 Å². The minimum absolute atomic E-state index is 0.114. The van der Waals surface area contributed by atoms with Crippen LogP contribution in [0, 0.1) is 5.41 Å². The summed E-state index contributed by atoms with van der Waals surface area (Å²) in [6.45, 7) is 7.07. The Morgan fingerprint density at radius 1 is 1.35 bits per heavy atom. The van der Waals surface area contributed by atoms with Gasteiger partial charge in [-0.3, -0.25) is 9.79 Å². The lowest BCUT2D eigenvalue weighted by atomic mass is 9.82. The van der Waals surface area contributed by atoms with Gasteiger partial charge in [0.05, 0.1) is 12.1 Å². The topological polar surface area (TPSA) is 61.7 Å². The van der Waals surface area contributed by atoms with Crippen LogP contribution in [-0.4, -0.2) is 29.4 Å². The van der Waals surface area contributed by atoms with Crippen molar-refractivity contribution in [3.8, 4) is 0 Å². The maximum atomic E-state index is 10.7. The van der Waals surface area contributed by atoms with E-state index in [1.54, 1.807) is 0 Å². The van der Waals surface area contributed by atoms with E-state index in [1.165, 1.54) is 5.57 Å². The molecule has 0 heterocycles. The molecule has 2 rings (SSSR count). The molecule has 1 aromatic carbocycles. The second kappa shape index (κ2) is 7.55. The molecule has 124 valence electrons. The van der Waals surface area contributed by atoms with Gasteiger partial charge in [0, 0.05) is 18.3 Å². The number of rotatable bonds is 5. The van der Waals surface area contributed by atoms with E-state index in [0.717, 1.165) is 24.2 Å². The minimum Gasteiger partial charge on any atom is -0.481 e. The summed E-state index contributed by atoms with van der Waals surface area (Å²) in [6, 6.07) is 10.2. The number of aliphatic imine (C=N–C) groups is 1. The van der Waals surface area contributed by atoms with Gasteiger partial charge in [0.1, 0.15) is 0 Å². The molecule has 1 aliphatic carbocycles.